The summed E-state index contributed by atoms with van der Waals surface area (Å²) in [5.41, 5.74) is 10.2. The molecule has 1 fully saturated rings. The van der Waals surface area contributed by atoms with Gasteiger partial charge in [-0.3, -0.25) is 9.78 Å². The number of hydrogen-bond acceptors (Lipinski definition) is 4. The lowest BCUT2D eigenvalue weighted by atomic mass is 10.1. The Balaban J connectivity index is 1.66. The predicted octanol–water partition coefficient (Wildman–Crippen LogP) is 2.24. The molecule has 22 heavy (non-hydrogen) atoms. The van der Waals surface area contributed by atoms with Crippen molar-refractivity contribution < 1.29 is 4.79 Å². The van der Waals surface area contributed by atoms with E-state index in [2.05, 4.69) is 21.2 Å². The summed E-state index contributed by atoms with van der Waals surface area (Å²) in [7, 11) is 0. The average Bonchev–Trinajstić information content (AvgIpc) is 3.02. The summed E-state index contributed by atoms with van der Waals surface area (Å²) in [6.07, 6.45) is 2.44. The summed E-state index contributed by atoms with van der Waals surface area (Å²) in [5, 5.41) is 3.00. The van der Waals surface area contributed by atoms with Crippen LogP contribution in [0.1, 0.15) is 29.3 Å². The summed E-state index contributed by atoms with van der Waals surface area (Å²) in [5.74, 6) is -0.0281. The quantitative estimate of drug-likeness (QED) is 0.813. The Labute approximate surface area is 130 Å². The van der Waals surface area contributed by atoms with Gasteiger partial charge in [0.1, 0.15) is 6.04 Å². The molecule has 3 rings (SSSR count). The van der Waals surface area contributed by atoms with Crippen molar-refractivity contribution in [3.05, 3.63) is 59.4 Å². The topological polar surface area (TPSA) is 66.0 Å². The standard InChI is InChI=1S/C17H20N4O/c1-11-6-7-12(2)14(9-11)19-17(22)16-10-15(20-21-16)13-5-3-4-8-18-13/h3-9,15-16,20-21H,10H2,1-2H3,(H,19,22). The summed E-state index contributed by atoms with van der Waals surface area (Å²) in [6.45, 7) is 4.01. The van der Waals surface area contributed by atoms with E-state index in [1.54, 1.807) is 6.20 Å². The van der Waals surface area contributed by atoms with Crippen LogP contribution in [0.3, 0.4) is 0 Å². The maximum absolute atomic E-state index is 12.4. The number of aromatic nitrogens is 1. The van der Waals surface area contributed by atoms with Crippen LogP contribution >= 0.6 is 0 Å². The van der Waals surface area contributed by atoms with Crippen LogP contribution in [0.2, 0.25) is 0 Å². The number of benzene rings is 1. The lowest BCUT2D eigenvalue weighted by Gasteiger charge is -2.13. The molecule has 1 aromatic heterocycles. The van der Waals surface area contributed by atoms with Gasteiger partial charge in [-0.2, -0.15) is 0 Å². The fourth-order valence-electron chi connectivity index (χ4n) is 2.59. The van der Waals surface area contributed by atoms with Gasteiger partial charge in [-0.15, -0.1) is 0 Å². The summed E-state index contributed by atoms with van der Waals surface area (Å²) in [6, 6.07) is 11.6. The molecule has 0 aliphatic carbocycles. The molecule has 1 aliphatic rings. The molecule has 5 heteroatoms. The molecule has 3 N–H and O–H groups in total. The second-order valence-corrected chi connectivity index (χ2v) is 5.69. The van der Waals surface area contributed by atoms with Crippen molar-refractivity contribution in [1.82, 2.24) is 15.8 Å². The zero-order valence-corrected chi connectivity index (χ0v) is 12.8. The van der Waals surface area contributed by atoms with Crippen LogP contribution in [0.4, 0.5) is 5.69 Å². The first-order chi connectivity index (χ1) is 10.6. The Morgan fingerprint density at radius 2 is 2.09 bits per heavy atom. The third-order valence-electron chi connectivity index (χ3n) is 3.92. The normalized spacial score (nSPS) is 20.8. The Morgan fingerprint density at radius 3 is 2.86 bits per heavy atom. The van der Waals surface area contributed by atoms with Crippen LogP contribution in [0.25, 0.3) is 0 Å². The van der Waals surface area contributed by atoms with E-state index in [-0.39, 0.29) is 18.0 Å². The highest BCUT2D eigenvalue weighted by Crippen LogP contribution is 2.22. The van der Waals surface area contributed by atoms with Gasteiger partial charge in [0, 0.05) is 11.9 Å². The van der Waals surface area contributed by atoms with Crippen molar-refractivity contribution in [3.8, 4) is 0 Å². The molecular formula is C17H20N4O. The van der Waals surface area contributed by atoms with Gasteiger partial charge in [0.05, 0.1) is 11.7 Å². The van der Waals surface area contributed by atoms with E-state index in [1.165, 1.54) is 0 Å². The largest absolute Gasteiger partial charge is 0.324 e. The Morgan fingerprint density at radius 1 is 1.23 bits per heavy atom. The maximum Gasteiger partial charge on any atom is 0.242 e. The number of hydrazine groups is 1. The van der Waals surface area contributed by atoms with Crippen LogP contribution in [0, 0.1) is 13.8 Å². The van der Waals surface area contributed by atoms with Crippen LogP contribution in [-0.4, -0.2) is 16.9 Å². The van der Waals surface area contributed by atoms with E-state index in [0.717, 1.165) is 22.5 Å². The zero-order chi connectivity index (χ0) is 15.5. The number of hydrogen-bond donors (Lipinski definition) is 3. The molecule has 1 aliphatic heterocycles. The second kappa shape index (κ2) is 6.25. The third-order valence-corrected chi connectivity index (χ3v) is 3.92. The lowest BCUT2D eigenvalue weighted by Crippen LogP contribution is -2.39. The van der Waals surface area contributed by atoms with E-state index in [9.17, 15) is 4.79 Å². The number of anilines is 1. The second-order valence-electron chi connectivity index (χ2n) is 5.69. The molecule has 2 atom stereocenters. The van der Waals surface area contributed by atoms with E-state index in [1.807, 2.05) is 50.2 Å². The van der Waals surface area contributed by atoms with E-state index in [4.69, 9.17) is 0 Å². The zero-order valence-electron chi connectivity index (χ0n) is 12.8. The number of pyridine rings is 1. The predicted molar refractivity (Wildman–Crippen MR) is 86.2 cm³/mol. The average molecular weight is 296 g/mol. The van der Waals surface area contributed by atoms with Crippen molar-refractivity contribution >= 4 is 11.6 Å². The van der Waals surface area contributed by atoms with Gasteiger partial charge in [-0.25, -0.2) is 10.9 Å². The number of amides is 1. The molecule has 0 bridgehead atoms. The monoisotopic (exact) mass is 296 g/mol. The van der Waals surface area contributed by atoms with Gasteiger partial charge in [0.15, 0.2) is 0 Å². The fraction of sp³-hybridized carbons (Fsp3) is 0.294. The first-order valence-electron chi connectivity index (χ1n) is 7.43. The molecule has 1 amide bonds. The first kappa shape index (κ1) is 14.7. The molecule has 0 spiro atoms. The van der Waals surface area contributed by atoms with Crippen molar-refractivity contribution in [2.24, 2.45) is 0 Å². The van der Waals surface area contributed by atoms with Crippen LogP contribution in [0.15, 0.2) is 42.6 Å². The van der Waals surface area contributed by atoms with E-state index < -0.39 is 0 Å². The van der Waals surface area contributed by atoms with Crippen LogP contribution < -0.4 is 16.2 Å². The van der Waals surface area contributed by atoms with Crippen molar-refractivity contribution in [1.29, 1.82) is 0 Å². The molecule has 5 nitrogen and oxygen atoms in total. The molecule has 2 aromatic rings. The molecule has 2 heterocycles. The fourth-order valence-corrected chi connectivity index (χ4v) is 2.59. The van der Waals surface area contributed by atoms with Gasteiger partial charge in [-0.05, 0) is 49.6 Å². The summed E-state index contributed by atoms with van der Waals surface area (Å²) < 4.78 is 0. The number of nitrogens with one attached hydrogen (secondary N) is 3. The van der Waals surface area contributed by atoms with Gasteiger partial charge in [0.2, 0.25) is 5.91 Å². The molecule has 0 radical (unpaired) electrons. The van der Waals surface area contributed by atoms with Crippen molar-refractivity contribution in [2.75, 3.05) is 5.32 Å². The highest BCUT2D eigenvalue weighted by molar-refractivity contribution is 5.95. The van der Waals surface area contributed by atoms with Gasteiger partial charge < -0.3 is 5.32 Å². The van der Waals surface area contributed by atoms with Gasteiger partial charge in [0.25, 0.3) is 0 Å². The molecule has 0 saturated carbocycles. The smallest absolute Gasteiger partial charge is 0.242 e. The molecule has 2 unspecified atom stereocenters. The number of carbonyl (C=O) groups is 1. The Bertz CT molecular complexity index is 672. The summed E-state index contributed by atoms with van der Waals surface area (Å²) >= 11 is 0. The van der Waals surface area contributed by atoms with Crippen molar-refractivity contribution in [3.63, 3.8) is 0 Å². The molecular weight excluding hydrogens is 276 g/mol. The number of rotatable bonds is 3. The van der Waals surface area contributed by atoms with Gasteiger partial charge >= 0.3 is 0 Å². The van der Waals surface area contributed by atoms with Crippen LogP contribution in [-0.2, 0) is 4.79 Å². The minimum Gasteiger partial charge on any atom is -0.324 e. The maximum atomic E-state index is 12.4. The molecule has 1 aromatic carbocycles. The van der Waals surface area contributed by atoms with Gasteiger partial charge in [-0.1, -0.05) is 18.2 Å². The highest BCUT2D eigenvalue weighted by atomic mass is 16.2. The Hall–Kier alpha value is -2.24. The third kappa shape index (κ3) is 3.16. The minimum atomic E-state index is -0.271. The molecule has 1 saturated heterocycles. The van der Waals surface area contributed by atoms with Crippen LogP contribution in [0.5, 0.6) is 0 Å². The van der Waals surface area contributed by atoms with E-state index in [0.29, 0.717) is 6.42 Å². The summed E-state index contributed by atoms with van der Waals surface area (Å²) in [4.78, 5) is 16.8. The SMILES string of the molecule is Cc1ccc(C)c(NC(=O)C2CC(c3ccccn3)NN2)c1. The lowest BCUT2D eigenvalue weighted by molar-refractivity contribution is -0.117. The number of carbonyl (C=O) groups excluding carboxylic acids is 1. The number of nitrogens with zero attached hydrogens (tertiary/aromatic N) is 1. The Kier molecular flexibility index (Phi) is 4.18. The minimum absolute atomic E-state index is 0.0281. The van der Waals surface area contributed by atoms with E-state index >= 15 is 0 Å². The van der Waals surface area contributed by atoms with Crippen molar-refractivity contribution in [2.45, 2.75) is 32.4 Å². The first-order valence-corrected chi connectivity index (χ1v) is 7.43. The highest BCUT2D eigenvalue weighted by Gasteiger charge is 2.30. The molecule has 114 valence electrons. The number of aryl methyl sites for hydroxylation is 2.